The molecule has 0 unspecified atom stereocenters. The van der Waals surface area contributed by atoms with Gasteiger partial charge in [-0.3, -0.25) is 0 Å². The van der Waals surface area contributed by atoms with Gasteiger partial charge < -0.3 is 9.80 Å². The number of rotatable bonds is 2. The molecule has 7 aromatic rings. The number of benzene rings is 6. The van der Waals surface area contributed by atoms with Crippen molar-refractivity contribution in [3.05, 3.63) is 136 Å². The lowest BCUT2D eigenvalue weighted by Crippen LogP contribution is -2.62. The Kier molecular flexibility index (Phi) is 8.98. The van der Waals surface area contributed by atoms with Crippen molar-refractivity contribution in [3.63, 3.8) is 0 Å². The fourth-order valence-corrected chi connectivity index (χ4v) is 15.4. The third-order valence-corrected chi connectivity index (χ3v) is 19.5. The van der Waals surface area contributed by atoms with Gasteiger partial charge in [-0.05, 0) is 198 Å². The van der Waals surface area contributed by atoms with Gasteiger partial charge in [-0.1, -0.05) is 134 Å². The third kappa shape index (κ3) is 6.26. The Labute approximate surface area is 412 Å². The summed E-state index contributed by atoms with van der Waals surface area (Å²) in [5.74, 6) is 0. The van der Waals surface area contributed by atoms with E-state index in [1.807, 2.05) is 11.3 Å². The van der Waals surface area contributed by atoms with E-state index in [0.29, 0.717) is 0 Å². The molecule has 1 aromatic heterocycles. The Morgan fingerprint density at radius 3 is 1.47 bits per heavy atom. The summed E-state index contributed by atoms with van der Waals surface area (Å²) in [7, 11) is 0. The average Bonchev–Trinajstić information content (AvgIpc) is 3.71. The molecule has 0 bridgehead atoms. The molecule has 0 saturated carbocycles. The van der Waals surface area contributed by atoms with E-state index >= 15 is 0 Å². The summed E-state index contributed by atoms with van der Waals surface area (Å²) in [4.78, 5) is 5.42. The molecule has 3 aliphatic carbocycles. The van der Waals surface area contributed by atoms with Crippen LogP contribution in [0.15, 0.2) is 91.0 Å². The van der Waals surface area contributed by atoms with E-state index in [1.165, 1.54) is 141 Å². The summed E-state index contributed by atoms with van der Waals surface area (Å²) in [6, 6.07) is 38.0. The number of nitrogens with zero attached hydrogens (tertiary/aromatic N) is 2. The summed E-state index contributed by atoms with van der Waals surface area (Å²) in [6.45, 7) is 39.2. The molecule has 0 radical (unpaired) electrons. The van der Waals surface area contributed by atoms with Crippen molar-refractivity contribution in [3.8, 4) is 0 Å². The van der Waals surface area contributed by atoms with Crippen molar-refractivity contribution in [1.82, 2.24) is 0 Å². The zero-order chi connectivity index (χ0) is 48.2. The molecule has 348 valence electrons. The predicted molar refractivity (Wildman–Crippen MR) is 298 cm³/mol. The molecule has 0 spiro atoms. The van der Waals surface area contributed by atoms with Gasteiger partial charge in [0, 0.05) is 54.3 Å². The molecule has 0 fully saturated rings. The average molecular weight is 913 g/mol. The van der Waals surface area contributed by atoms with E-state index in [0.717, 1.165) is 6.42 Å². The SMILES string of the molecule is Cc1cc2c3c(c1)N(c1ccc4sc5cc(C(C)(C)C)ccc5c4c1)c1cc4c(cc1B3c1cc3c(cc1N2c1ccc2c(c1)C(C)(C)CCC2(C)C)C(C)(C)CCC3(C)C)C(C)(C)CC4(C)C. The first-order chi connectivity index (χ1) is 31.7. The Morgan fingerprint density at radius 1 is 0.441 bits per heavy atom. The second-order valence-electron chi connectivity index (χ2n) is 27.2. The van der Waals surface area contributed by atoms with Gasteiger partial charge in [-0.2, -0.15) is 0 Å². The van der Waals surface area contributed by atoms with Gasteiger partial charge in [-0.25, -0.2) is 0 Å². The maximum Gasteiger partial charge on any atom is 0.252 e. The molecule has 68 heavy (non-hydrogen) atoms. The highest BCUT2D eigenvalue weighted by Gasteiger charge is 2.50. The smallest absolute Gasteiger partial charge is 0.252 e. The Balaban J connectivity index is 1.19. The van der Waals surface area contributed by atoms with E-state index in [9.17, 15) is 0 Å². The van der Waals surface area contributed by atoms with Crippen molar-refractivity contribution in [2.45, 2.75) is 181 Å². The quantitative estimate of drug-likeness (QED) is 0.159. The lowest BCUT2D eigenvalue weighted by molar-refractivity contribution is 0.332. The summed E-state index contributed by atoms with van der Waals surface area (Å²) < 4.78 is 2.72. The highest BCUT2D eigenvalue weighted by atomic mass is 32.1. The summed E-state index contributed by atoms with van der Waals surface area (Å²) in [5.41, 5.74) is 24.6. The zero-order valence-corrected chi connectivity index (χ0v) is 44.9. The van der Waals surface area contributed by atoms with E-state index in [4.69, 9.17) is 0 Å². The van der Waals surface area contributed by atoms with Gasteiger partial charge in [0.15, 0.2) is 0 Å². The first kappa shape index (κ1) is 44.4. The molecule has 6 aromatic carbocycles. The number of aryl methyl sites for hydroxylation is 1. The lowest BCUT2D eigenvalue weighted by Gasteiger charge is -2.48. The van der Waals surface area contributed by atoms with Gasteiger partial charge in [0.05, 0.1) is 0 Å². The molecule has 4 heteroatoms. The number of hydrogen-bond donors (Lipinski definition) is 0. The number of anilines is 6. The van der Waals surface area contributed by atoms with Crippen LogP contribution in [0.2, 0.25) is 0 Å². The minimum absolute atomic E-state index is 0.0561. The van der Waals surface area contributed by atoms with E-state index in [2.05, 4.69) is 212 Å². The zero-order valence-electron chi connectivity index (χ0n) is 44.1. The molecule has 2 nitrogen and oxygen atoms in total. The van der Waals surface area contributed by atoms with E-state index < -0.39 is 0 Å². The normalized spacial score (nSPS) is 20.7. The van der Waals surface area contributed by atoms with Crippen LogP contribution in [0.3, 0.4) is 0 Å². The van der Waals surface area contributed by atoms with Gasteiger partial charge in [0.25, 0.3) is 6.71 Å². The molecule has 0 atom stereocenters. The minimum atomic E-state index is 0.0561. The van der Waals surface area contributed by atoms with Crippen LogP contribution in [0.25, 0.3) is 20.2 Å². The first-order valence-corrected chi connectivity index (χ1v) is 26.7. The molecular formula is C64H73BN2S. The predicted octanol–water partition coefficient (Wildman–Crippen LogP) is 16.4. The van der Waals surface area contributed by atoms with Gasteiger partial charge in [0.1, 0.15) is 0 Å². The molecule has 3 heterocycles. The van der Waals surface area contributed by atoms with Crippen LogP contribution in [0.4, 0.5) is 34.1 Å². The van der Waals surface area contributed by atoms with Crippen LogP contribution in [0.5, 0.6) is 0 Å². The standard InChI is InChI=1S/C64H73BN2S/c1-37-27-53-57-54(28-37)67(40-18-21-43-44(31-40)60(7,8)24-23-59(43,5)6)51-34-47-45(61(9,10)25-26-62(47,11)12)32-49(51)65(57)50-33-46-48(64(15,16)36-63(46,13)14)35-52(50)66(53)39-19-22-55-42(30-39)41-20-17-38(58(2,3)4)29-56(41)68-55/h17-22,27-35H,23-26,36H2,1-16H3. The number of fused-ring (bicyclic) bond motifs is 10. The van der Waals surface area contributed by atoms with E-state index in [1.54, 1.807) is 0 Å². The fraction of sp³-hybridized carbons (Fsp3) is 0.438. The van der Waals surface area contributed by atoms with Crippen molar-refractivity contribution in [1.29, 1.82) is 0 Å². The topological polar surface area (TPSA) is 6.48 Å². The molecule has 5 aliphatic rings. The maximum atomic E-state index is 2.72. The minimum Gasteiger partial charge on any atom is -0.311 e. The third-order valence-electron chi connectivity index (χ3n) is 18.3. The van der Waals surface area contributed by atoms with E-state index in [-0.39, 0.29) is 44.6 Å². The second-order valence-corrected chi connectivity index (χ2v) is 28.3. The van der Waals surface area contributed by atoms with Gasteiger partial charge >= 0.3 is 0 Å². The van der Waals surface area contributed by atoms with Crippen LogP contribution in [0, 0.1) is 6.92 Å². The van der Waals surface area contributed by atoms with Crippen molar-refractivity contribution in [2.75, 3.05) is 9.80 Å². The Bertz CT molecular complexity index is 3340. The molecule has 0 saturated heterocycles. The van der Waals surface area contributed by atoms with Crippen LogP contribution < -0.4 is 26.2 Å². The van der Waals surface area contributed by atoms with Crippen LogP contribution >= 0.6 is 11.3 Å². The first-order valence-electron chi connectivity index (χ1n) is 25.9. The molecule has 12 rings (SSSR count). The molecule has 2 aliphatic heterocycles. The lowest BCUT2D eigenvalue weighted by atomic mass is 9.33. The Morgan fingerprint density at radius 2 is 0.912 bits per heavy atom. The largest absolute Gasteiger partial charge is 0.311 e. The Hall–Kier alpha value is -4.80. The van der Waals surface area contributed by atoms with Crippen molar-refractivity contribution >= 4 is 88.7 Å². The fourth-order valence-electron chi connectivity index (χ4n) is 14.3. The monoisotopic (exact) mass is 913 g/mol. The molecule has 0 amide bonds. The molecule has 0 N–H and O–H groups in total. The van der Waals surface area contributed by atoms with Crippen molar-refractivity contribution in [2.24, 2.45) is 0 Å². The summed E-state index contributed by atoms with van der Waals surface area (Å²) in [6.07, 6.45) is 5.91. The highest BCUT2D eigenvalue weighted by Crippen LogP contribution is 2.55. The molecular weight excluding hydrogens is 840 g/mol. The van der Waals surface area contributed by atoms with Crippen molar-refractivity contribution < 1.29 is 0 Å². The maximum absolute atomic E-state index is 2.72. The number of thiophene rings is 1. The highest BCUT2D eigenvalue weighted by molar-refractivity contribution is 7.25. The van der Waals surface area contributed by atoms with Crippen LogP contribution in [0.1, 0.15) is 180 Å². The summed E-state index contributed by atoms with van der Waals surface area (Å²) in [5, 5.41) is 2.70. The number of hydrogen-bond acceptors (Lipinski definition) is 3. The van der Waals surface area contributed by atoms with Crippen LogP contribution in [-0.2, 0) is 37.9 Å². The van der Waals surface area contributed by atoms with Gasteiger partial charge in [0.2, 0.25) is 0 Å². The van der Waals surface area contributed by atoms with Crippen LogP contribution in [-0.4, -0.2) is 6.71 Å². The van der Waals surface area contributed by atoms with Gasteiger partial charge in [-0.15, -0.1) is 11.3 Å². The second kappa shape index (κ2) is 13.7. The summed E-state index contributed by atoms with van der Waals surface area (Å²) >= 11 is 1.94.